The Labute approximate surface area is 87.1 Å². The molecule has 1 heteroatoms. The Morgan fingerprint density at radius 1 is 1.21 bits per heavy atom. The summed E-state index contributed by atoms with van der Waals surface area (Å²) in [6.45, 7) is 6.90. The molecule has 0 N–H and O–H groups in total. The highest BCUT2D eigenvalue weighted by atomic mass is 16.5. The molecule has 0 aliphatic carbocycles. The van der Waals surface area contributed by atoms with Crippen LogP contribution in [0.4, 0.5) is 0 Å². The number of hydrogen-bond acceptors (Lipinski definition) is 1. The van der Waals surface area contributed by atoms with Crippen molar-refractivity contribution in [2.75, 3.05) is 6.61 Å². The standard InChI is InChI=1S/C13H19O/c1-3-4-5-6-10-14-13-9-7-8-12(2)11-13/h7-9,11H,2-6,10H2,1H3. The van der Waals surface area contributed by atoms with Gasteiger partial charge in [0, 0.05) is 0 Å². The van der Waals surface area contributed by atoms with Crippen LogP contribution in [0.2, 0.25) is 0 Å². The van der Waals surface area contributed by atoms with Gasteiger partial charge in [0.25, 0.3) is 0 Å². The van der Waals surface area contributed by atoms with Gasteiger partial charge in [-0.3, -0.25) is 0 Å². The molecule has 1 aromatic carbocycles. The fourth-order valence-electron chi connectivity index (χ4n) is 1.35. The first-order valence-electron chi connectivity index (χ1n) is 5.37. The van der Waals surface area contributed by atoms with Gasteiger partial charge in [-0.25, -0.2) is 0 Å². The van der Waals surface area contributed by atoms with E-state index in [4.69, 9.17) is 4.74 Å². The molecule has 0 heterocycles. The van der Waals surface area contributed by atoms with Gasteiger partial charge in [0.15, 0.2) is 0 Å². The summed E-state index contributed by atoms with van der Waals surface area (Å²) in [6.07, 6.45) is 4.99. The minimum atomic E-state index is 0.823. The van der Waals surface area contributed by atoms with E-state index in [0.29, 0.717) is 0 Å². The highest BCUT2D eigenvalue weighted by molar-refractivity contribution is 5.29. The zero-order valence-corrected chi connectivity index (χ0v) is 8.96. The quantitative estimate of drug-likeness (QED) is 0.621. The van der Waals surface area contributed by atoms with Crippen LogP contribution in [0.15, 0.2) is 24.3 Å². The molecule has 14 heavy (non-hydrogen) atoms. The minimum absolute atomic E-state index is 0.823. The minimum Gasteiger partial charge on any atom is -0.494 e. The average Bonchev–Trinajstić information content (AvgIpc) is 2.18. The molecule has 0 saturated carbocycles. The summed E-state index contributed by atoms with van der Waals surface area (Å²) in [5.41, 5.74) is 1.01. The third-order valence-corrected chi connectivity index (χ3v) is 2.17. The van der Waals surface area contributed by atoms with E-state index < -0.39 is 0 Å². The van der Waals surface area contributed by atoms with Gasteiger partial charge >= 0.3 is 0 Å². The predicted octanol–water partition coefficient (Wildman–Crippen LogP) is 3.83. The molecule has 1 aromatic rings. The van der Waals surface area contributed by atoms with Crippen molar-refractivity contribution >= 4 is 0 Å². The lowest BCUT2D eigenvalue weighted by molar-refractivity contribution is 0.305. The number of hydrogen-bond donors (Lipinski definition) is 0. The molecule has 77 valence electrons. The van der Waals surface area contributed by atoms with E-state index in [1.165, 1.54) is 19.3 Å². The largest absolute Gasteiger partial charge is 0.494 e. The Morgan fingerprint density at radius 3 is 2.79 bits per heavy atom. The van der Waals surface area contributed by atoms with E-state index in [2.05, 4.69) is 13.8 Å². The van der Waals surface area contributed by atoms with Gasteiger partial charge in [-0.1, -0.05) is 38.3 Å². The van der Waals surface area contributed by atoms with Gasteiger partial charge in [0.2, 0.25) is 0 Å². The average molecular weight is 191 g/mol. The number of ether oxygens (including phenoxy) is 1. The summed E-state index contributed by atoms with van der Waals surface area (Å²) in [5.74, 6) is 0.939. The molecule has 0 fully saturated rings. The monoisotopic (exact) mass is 191 g/mol. The second-order valence-corrected chi connectivity index (χ2v) is 3.56. The first-order valence-corrected chi connectivity index (χ1v) is 5.37. The summed E-state index contributed by atoms with van der Waals surface area (Å²) in [5, 5.41) is 0. The fourth-order valence-corrected chi connectivity index (χ4v) is 1.35. The summed E-state index contributed by atoms with van der Waals surface area (Å²) >= 11 is 0. The van der Waals surface area contributed by atoms with Crippen molar-refractivity contribution in [2.45, 2.75) is 32.6 Å². The van der Waals surface area contributed by atoms with Gasteiger partial charge in [-0.15, -0.1) is 0 Å². The molecule has 0 saturated heterocycles. The van der Waals surface area contributed by atoms with Gasteiger partial charge in [-0.05, 0) is 31.0 Å². The van der Waals surface area contributed by atoms with E-state index in [9.17, 15) is 0 Å². The second-order valence-electron chi connectivity index (χ2n) is 3.56. The van der Waals surface area contributed by atoms with Crippen LogP contribution in [0.25, 0.3) is 0 Å². The molecule has 0 atom stereocenters. The Balaban J connectivity index is 2.18. The lowest BCUT2D eigenvalue weighted by Crippen LogP contribution is -1.97. The maximum atomic E-state index is 5.59. The smallest absolute Gasteiger partial charge is 0.119 e. The van der Waals surface area contributed by atoms with Crippen molar-refractivity contribution in [1.29, 1.82) is 0 Å². The van der Waals surface area contributed by atoms with Crippen LogP contribution in [0.1, 0.15) is 38.2 Å². The first-order chi connectivity index (χ1) is 6.83. The van der Waals surface area contributed by atoms with E-state index in [-0.39, 0.29) is 0 Å². The van der Waals surface area contributed by atoms with Crippen LogP contribution < -0.4 is 4.74 Å². The highest BCUT2D eigenvalue weighted by Crippen LogP contribution is 2.12. The van der Waals surface area contributed by atoms with Crippen molar-refractivity contribution in [2.24, 2.45) is 0 Å². The van der Waals surface area contributed by atoms with Crippen LogP contribution in [0, 0.1) is 6.92 Å². The predicted molar refractivity (Wildman–Crippen MR) is 60.5 cm³/mol. The van der Waals surface area contributed by atoms with E-state index in [1.807, 2.05) is 24.3 Å². The first kappa shape index (κ1) is 11.1. The Morgan fingerprint density at radius 2 is 2.07 bits per heavy atom. The van der Waals surface area contributed by atoms with Gasteiger partial charge in [0.1, 0.15) is 5.75 Å². The third-order valence-electron chi connectivity index (χ3n) is 2.17. The number of unbranched alkanes of at least 4 members (excludes halogenated alkanes) is 3. The van der Waals surface area contributed by atoms with E-state index >= 15 is 0 Å². The van der Waals surface area contributed by atoms with Crippen molar-refractivity contribution in [3.8, 4) is 5.75 Å². The molecule has 0 amide bonds. The Hall–Kier alpha value is -0.980. The molecule has 0 spiro atoms. The molecule has 1 radical (unpaired) electrons. The molecule has 0 unspecified atom stereocenters. The van der Waals surface area contributed by atoms with Crippen molar-refractivity contribution < 1.29 is 4.74 Å². The summed E-state index contributed by atoms with van der Waals surface area (Å²) < 4.78 is 5.59. The van der Waals surface area contributed by atoms with E-state index in [0.717, 1.165) is 24.3 Å². The highest BCUT2D eigenvalue weighted by Gasteiger charge is 1.93. The molecular formula is C13H19O. The second kappa shape index (κ2) is 6.47. The Kier molecular flexibility index (Phi) is 5.13. The molecule has 0 aliphatic heterocycles. The summed E-state index contributed by atoms with van der Waals surface area (Å²) in [4.78, 5) is 0. The van der Waals surface area contributed by atoms with Gasteiger partial charge in [0.05, 0.1) is 6.61 Å². The van der Waals surface area contributed by atoms with Crippen LogP contribution in [-0.2, 0) is 0 Å². The normalized spacial score (nSPS) is 10.1. The van der Waals surface area contributed by atoms with E-state index in [1.54, 1.807) is 0 Å². The number of rotatable bonds is 6. The Bertz CT molecular complexity index is 255. The fraction of sp³-hybridized carbons (Fsp3) is 0.462. The topological polar surface area (TPSA) is 9.23 Å². The van der Waals surface area contributed by atoms with Crippen molar-refractivity contribution in [1.82, 2.24) is 0 Å². The van der Waals surface area contributed by atoms with Crippen molar-refractivity contribution in [3.05, 3.63) is 36.8 Å². The van der Waals surface area contributed by atoms with Crippen LogP contribution in [0.3, 0.4) is 0 Å². The summed E-state index contributed by atoms with van der Waals surface area (Å²) in [7, 11) is 0. The maximum Gasteiger partial charge on any atom is 0.119 e. The molecule has 0 bridgehead atoms. The zero-order valence-electron chi connectivity index (χ0n) is 8.96. The van der Waals surface area contributed by atoms with Crippen LogP contribution in [-0.4, -0.2) is 6.61 Å². The van der Waals surface area contributed by atoms with Crippen molar-refractivity contribution in [3.63, 3.8) is 0 Å². The lowest BCUT2D eigenvalue weighted by Gasteiger charge is -2.06. The molecule has 1 rings (SSSR count). The lowest BCUT2D eigenvalue weighted by atomic mass is 10.2. The summed E-state index contributed by atoms with van der Waals surface area (Å²) in [6, 6.07) is 7.90. The van der Waals surface area contributed by atoms with Gasteiger partial charge in [-0.2, -0.15) is 0 Å². The third kappa shape index (κ3) is 4.31. The molecular weight excluding hydrogens is 172 g/mol. The zero-order chi connectivity index (χ0) is 10.2. The maximum absolute atomic E-state index is 5.59. The van der Waals surface area contributed by atoms with Crippen LogP contribution in [0.5, 0.6) is 5.75 Å². The van der Waals surface area contributed by atoms with Crippen LogP contribution >= 0.6 is 0 Å². The van der Waals surface area contributed by atoms with Gasteiger partial charge < -0.3 is 4.74 Å². The molecule has 1 nitrogen and oxygen atoms in total. The molecule has 0 aromatic heterocycles. The molecule has 0 aliphatic rings. The number of benzene rings is 1. The SMILES string of the molecule is [CH2]c1cccc(OCCCCCC)c1.